The van der Waals surface area contributed by atoms with E-state index in [4.69, 9.17) is 0 Å². The highest BCUT2D eigenvalue weighted by Crippen LogP contribution is 2.29. The molecule has 104 valence electrons. The van der Waals surface area contributed by atoms with Gasteiger partial charge < -0.3 is 4.74 Å². The Kier molecular flexibility index (Phi) is 5.19. The number of Topliss-reactive ketones (excluding diaryl/α,β-unsaturated/α-hetero) is 1. The zero-order chi connectivity index (χ0) is 13.7. The first-order valence-electron chi connectivity index (χ1n) is 6.35. The van der Waals surface area contributed by atoms with Gasteiger partial charge in [-0.3, -0.25) is 4.79 Å². The first-order chi connectivity index (χ1) is 9.15. The summed E-state index contributed by atoms with van der Waals surface area (Å²) in [5.41, 5.74) is 0.548. The minimum Gasteiger partial charge on any atom is -0.435 e. The molecule has 0 unspecified atom stereocenters. The number of ether oxygens (including phenoxy) is 1. The molecule has 0 bridgehead atoms. The summed E-state index contributed by atoms with van der Waals surface area (Å²) in [6.07, 6.45) is 4.90. The van der Waals surface area contributed by atoms with Gasteiger partial charge in [0.1, 0.15) is 5.75 Å². The topological polar surface area (TPSA) is 26.3 Å². The van der Waals surface area contributed by atoms with Crippen molar-refractivity contribution in [3.63, 3.8) is 0 Å². The summed E-state index contributed by atoms with van der Waals surface area (Å²) in [5, 5.41) is 0.602. The second-order valence-corrected chi connectivity index (χ2v) is 5.83. The van der Waals surface area contributed by atoms with Gasteiger partial charge in [0.25, 0.3) is 0 Å². The molecule has 0 atom stereocenters. The third kappa shape index (κ3) is 4.49. The molecule has 2 rings (SSSR count). The zero-order valence-corrected chi connectivity index (χ0v) is 11.3. The molecule has 0 aliphatic heterocycles. The summed E-state index contributed by atoms with van der Waals surface area (Å²) < 4.78 is 28.2. The van der Waals surface area contributed by atoms with Crippen LogP contribution in [0.15, 0.2) is 24.3 Å². The molecule has 1 aliphatic carbocycles. The molecule has 1 aliphatic rings. The second kappa shape index (κ2) is 6.89. The predicted octanol–water partition coefficient (Wildman–Crippen LogP) is 4.15. The maximum Gasteiger partial charge on any atom is 0.387 e. The minimum absolute atomic E-state index is 0.0421. The van der Waals surface area contributed by atoms with E-state index < -0.39 is 6.61 Å². The van der Waals surface area contributed by atoms with Crippen LogP contribution in [0.4, 0.5) is 8.78 Å². The Morgan fingerprint density at radius 2 is 1.89 bits per heavy atom. The first kappa shape index (κ1) is 14.3. The van der Waals surface area contributed by atoms with Gasteiger partial charge in [-0.1, -0.05) is 12.8 Å². The Morgan fingerprint density at radius 1 is 1.26 bits per heavy atom. The van der Waals surface area contributed by atoms with E-state index in [0.29, 0.717) is 16.6 Å². The molecule has 2 nitrogen and oxygen atoms in total. The number of benzene rings is 1. The van der Waals surface area contributed by atoms with Crippen molar-refractivity contribution in [2.75, 3.05) is 5.75 Å². The van der Waals surface area contributed by atoms with Crippen molar-refractivity contribution in [1.82, 2.24) is 0 Å². The summed E-state index contributed by atoms with van der Waals surface area (Å²) >= 11 is 1.70. The van der Waals surface area contributed by atoms with Gasteiger partial charge in [0.15, 0.2) is 5.78 Å². The lowest BCUT2D eigenvalue weighted by atomic mass is 10.1. The quantitative estimate of drug-likeness (QED) is 0.735. The monoisotopic (exact) mass is 286 g/mol. The standard InChI is InChI=1S/C14H16F2O2S/c15-14(16)18-11-7-5-10(6-8-11)13(17)9-19-12-3-1-2-4-12/h5-8,12,14H,1-4,9H2. The third-order valence-corrected chi connectivity index (χ3v) is 4.53. The molecule has 19 heavy (non-hydrogen) atoms. The van der Waals surface area contributed by atoms with E-state index in [-0.39, 0.29) is 11.5 Å². The molecular formula is C14H16F2O2S. The van der Waals surface area contributed by atoms with Crippen LogP contribution in [0.5, 0.6) is 5.75 Å². The van der Waals surface area contributed by atoms with Crippen LogP contribution in [0.2, 0.25) is 0 Å². The average Bonchev–Trinajstić information content (AvgIpc) is 2.89. The summed E-state index contributed by atoms with van der Waals surface area (Å²) in [5.74, 6) is 0.579. The minimum atomic E-state index is -2.83. The van der Waals surface area contributed by atoms with E-state index in [1.165, 1.54) is 49.9 Å². The summed E-state index contributed by atoms with van der Waals surface area (Å²) in [4.78, 5) is 11.9. The lowest BCUT2D eigenvalue weighted by molar-refractivity contribution is -0.0498. The fourth-order valence-corrected chi connectivity index (χ4v) is 3.37. The van der Waals surface area contributed by atoms with Gasteiger partial charge in [0.05, 0.1) is 5.75 Å². The zero-order valence-electron chi connectivity index (χ0n) is 10.5. The normalized spacial score (nSPS) is 15.9. The maximum absolute atomic E-state index is 12.0. The fraction of sp³-hybridized carbons (Fsp3) is 0.500. The van der Waals surface area contributed by atoms with Gasteiger partial charge in [-0.2, -0.15) is 20.5 Å². The number of halogens is 2. The molecule has 1 saturated carbocycles. The van der Waals surface area contributed by atoms with Crippen molar-refractivity contribution in [3.05, 3.63) is 29.8 Å². The van der Waals surface area contributed by atoms with Crippen molar-refractivity contribution in [1.29, 1.82) is 0 Å². The Hall–Kier alpha value is -1.10. The maximum atomic E-state index is 12.0. The molecule has 5 heteroatoms. The van der Waals surface area contributed by atoms with Crippen LogP contribution < -0.4 is 4.74 Å². The molecule has 0 saturated heterocycles. The molecular weight excluding hydrogens is 270 g/mol. The number of alkyl halides is 2. The van der Waals surface area contributed by atoms with Crippen molar-refractivity contribution in [2.24, 2.45) is 0 Å². The largest absolute Gasteiger partial charge is 0.435 e. The highest BCUT2D eigenvalue weighted by Gasteiger charge is 2.17. The van der Waals surface area contributed by atoms with Crippen LogP contribution >= 0.6 is 11.8 Å². The number of hydrogen-bond donors (Lipinski definition) is 0. The average molecular weight is 286 g/mol. The van der Waals surface area contributed by atoms with E-state index in [1.807, 2.05) is 0 Å². The third-order valence-electron chi connectivity index (χ3n) is 3.15. The number of rotatable bonds is 6. The Labute approximate surface area is 115 Å². The molecule has 1 fully saturated rings. The number of hydrogen-bond acceptors (Lipinski definition) is 3. The van der Waals surface area contributed by atoms with Gasteiger partial charge in [-0.05, 0) is 37.1 Å². The Morgan fingerprint density at radius 3 is 2.47 bits per heavy atom. The highest BCUT2D eigenvalue weighted by molar-refractivity contribution is 8.00. The smallest absolute Gasteiger partial charge is 0.387 e. The van der Waals surface area contributed by atoms with Crippen molar-refractivity contribution >= 4 is 17.5 Å². The van der Waals surface area contributed by atoms with Crippen molar-refractivity contribution in [3.8, 4) is 5.75 Å². The number of ketones is 1. The summed E-state index contributed by atoms with van der Waals surface area (Å²) in [6, 6.07) is 5.88. The van der Waals surface area contributed by atoms with Gasteiger partial charge >= 0.3 is 6.61 Å². The molecule has 0 radical (unpaired) electrons. The highest BCUT2D eigenvalue weighted by atomic mass is 32.2. The molecule has 0 spiro atoms. The van der Waals surface area contributed by atoms with Crippen molar-refractivity contribution < 1.29 is 18.3 Å². The Balaban J connectivity index is 1.84. The van der Waals surface area contributed by atoms with Gasteiger partial charge in [0.2, 0.25) is 0 Å². The number of carbonyl (C=O) groups excluding carboxylic acids is 1. The van der Waals surface area contributed by atoms with Crippen LogP contribution in [0.25, 0.3) is 0 Å². The van der Waals surface area contributed by atoms with Crippen molar-refractivity contribution in [2.45, 2.75) is 37.5 Å². The van der Waals surface area contributed by atoms with Gasteiger partial charge in [-0.15, -0.1) is 0 Å². The van der Waals surface area contributed by atoms with E-state index in [9.17, 15) is 13.6 Å². The number of thioether (sulfide) groups is 1. The second-order valence-electron chi connectivity index (χ2n) is 4.54. The summed E-state index contributed by atoms with van der Waals surface area (Å²) in [6.45, 7) is -2.83. The first-order valence-corrected chi connectivity index (χ1v) is 7.39. The SMILES string of the molecule is O=C(CSC1CCCC1)c1ccc(OC(F)F)cc1. The molecule has 1 aromatic rings. The van der Waals surface area contributed by atoms with Crippen LogP contribution in [0, 0.1) is 0 Å². The molecule has 0 amide bonds. The van der Waals surface area contributed by atoms with Crippen LogP contribution in [-0.4, -0.2) is 23.4 Å². The molecule has 1 aromatic carbocycles. The lowest BCUT2D eigenvalue weighted by Gasteiger charge is -2.08. The van der Waals surface area contributed by atoms with Crippen LogP contribution in [-0.2, 0) is 0 Å². The molecule has 0 N–H and O–H groups in total. The fourth-order valence-electron chi connectivity index (χ4n) is 2.15. The van der Waals surface area contributed by atoms with Gasteiger partial charge in [-0.25, -0.2) is 0 Å². The van der Waals surface area contributed by atoms with E-state index in [0.717, 1.165) is 0 Å². The van der Waals surface area contributed by atoms with Crippen LogP contribution in [0.1, 0.15) is 36.0 Å². The van der Waals surface area contributed by atoms with E-state index in [2.05, 4.69) is 4.74 Å². The predicted molar refractivity (Wildman–Crippen MR) is 72.1 cm³/mol. The number of carbonyl (C=O) groups is 1. The van der Waals surface area contributed by atoms with Gasteiger partial charge in [0, 0.05) is 10.8 Å². The Bertz CT molecular complexity index is 414. The lowest BCUT2D eigenvalue weighted by Crippen LogP contribution is -2.07. The van der Waals surface area contributed by atoms with E-state index >= 15 is 0 Å². The van der Waals surface area contributed by atoms with E-state index in [1.54, 1.807) is 11.8 Å². The summed E-state index contributed by atoms with van der Waals surface area (Å²) in [7, 11) is 0. The molecule has 0 heterocycles. The van der Waals surface area contributed by atoms with Crippen LogP contribution in [0.3, 0.4) is 0 Å². The molecule has 0 aromatic heterocycles.